The summed E-state index contributed by atoms with van der Waals surface area (Å²) in [6.45, 7) is 1.96. The lowest BCUT2D eigenvalue weighted by molar-refractivity contribution is 0.199. The summed E-state index contributed by atoms with van der Waals surface area (Å²) in [5.74, 6) is 0. The Morgan fingerprint density at radius 1 is 1.19 bits per heavy atom. The summed E-state index contributed by atoms with van der Waals surface area (Å²) >= 11 is 9.33. The van der Waals surface area contributed by atoms with E-state index in [4.69, 9.17) is 11.6 Å². The molecule has 1 aliphatic heterocycles. The first-order chi connectivity index (χ1) is 9.95. The predicted molar refractivity (Wildman–Crippen MR) is 87.1 cm³/mol. The lowest BCUT2D eigenvalue weighted by Gasteiger charge is -2.32. The fourth-order valence-electron chi connectivity index (χ4n) is 2.80. The topological polar surface area (TPSA) is 49.4 Å². The van der Waals surface area contributed by atoms with E-state index < -0.39 is 10.0 Å². The second-order valence-electron chi connectivity index (χ2n) is 5.74. The molecule has 1 saturated heterocycles. The van der Waals surface area contributed by atoms with Crippen molar-refractivity contribution in [2.45, 2.75) is 42.7 Å². The van der Waals surface area contributed by atoms with Crippen molar-refractivity contribution in [2.75, 3.05) is 13.1 Å². The smallest absolute Gasteiger partial charge is 0.242 e. The fraction of sp³-hybridized carbons (Fsp3) is 0.571. The maximum Gasteiger partial charge on any atom is 0.242 e. The van der Waals surface area contributed by atoms with Crippen molar-refractivity contribution in [1.29, 1.82) is 0 Å². The minimum atomic E-state index is -3.55. The van der Waals surface area contributed by atoms with Crippen LogP contribution >= 0.6 is 27.5 Å². The molecule has 1 aliphatic carbocycles. The Labute approximate surface area is 139 Å². The molecule has 0 radical (unpaired) electrons. The third-order valence-electron chi connectivity index (χ3n) is 4.10. The molecule has 116 valence electrons. The van der Waals surface area contributed by atoms with Gasteiger partial charge >= 0.3 is 0 Å². The van der Waals surface area contributed by atoms with Crippen LogP contribution in [0.5, 0.6) is 0 Å². The zero-order valence-electron chi connectivity index (χ0n) is 11.6. The Morgan fingerprint density at radius 3 is 2.43 bits per heavy atom. The van der Waals surface area contributed by atoms with Crippen LogP contribution in [0.4, 0.5) is 0 Å². The van der Waals surface area contributed by atoms with Gasteiger partial charge in [-0.1, -0.05) is 27.5 Å². The summed E-state index contributed by atoms with van der Waals surface area (Å²) in [5, 5.41) is 0.243. The molecule has 0 atom stereocenters. The first-order valence-corrected chi connectivity index (χ1v) is 9.82. The highest BCUT2D eigenvalue weighted by atomic mass is 79.9. The molecular formula is C14H18BrClN2O2S. The molecule has 21 heavy (non-hydrogen) atoms. The monoisotopic (exact) mass is 392 g/mol. The summed E-state index contributed by atoms with van der Waals surface area (Å²) in [6, 6.07) is 5.59. The molecule has 2 fully saturated rings. The molecule has 0 unspecified atom stereocenters. The average molecular weight is 394 g/mol. The second kappa shape index (κ2) is 6.16. The number of hydrogen-bond donors (Lipinski definition) is 1. The predicted octanol–water partition coefficient (Wildman–Crippen LogP) is 3.01. The van der Waals surface area contributed by atoms with E-state index in [9.17, 15) is 8.42 Å². The molecule has 0 bridgehead atoms. The largest absolute Gasteiger partial charge is 0.300 e. The number of hydrogen-bond acceptors (Lipinski definition) is 3. The van der Waals surface area contributed by atoms with Gasteiger partial charge in [0.05, 0.1) is 5.02 Å². The van der Waals surface area contributed by atoms with Crippen LogP contribution in [-0.4, -0.2) is 38.5 Å². The van der Waals surface area contributed by atoms with Gasteiger partial charge in [-0.15, -0.1) is 0 Å². The maximum absolute atomic E-state index is 12.4. The molecule has 0 aromatic heterocycles. The van der Waals surface area contributed by atoms with Crippen LogP contribution in [0.1, 0.15) is 25.7 Å². The molecule has 4 nitrogen and oxygen atoms in total. The van der Waals surface area contributed by atoms with E-state index in [1.54, 1.807) is 12.1 Å². The van der Waals surface area contributed by atoms with Gasteiger partial charge in [-0.25, -0.2) is 13.1 Å². The highest BCUT2D eigenvalue weighted by Crippen LogP contribution is 2.30. The highest BCUT2D eigenvalue weighted by Gasteiger charge is 2.33. The molecule has 3 rings (SSSR count). The van der Waals surface area contributed by atoms with E-state index in [0.717, 1.165) is 36.4 Å². The Balaban J connectivity index is 1.66. The quantitative estimate of drug-likeness (QED) is 0.855. The molecule has 1 aromatic rings. The van der Waals surface area contributed by atoms with Gasteiger partial charge in [0.15, 0.2) is 0 Å². The summed E-state index contributed by atoms with van der Waals surface area (Å²) in [5.41, 5.74) is 0. The molecule has 0 amide bonds. The summed E-state index contributed by atoms with van der Waals surface area (Å²) in [6.07, 6.45) is 4.32. The van der Waals surface area contributed by atoms with Gasteiger partial charge in [0.1, 0.15) is 4.90 Å². The Hall–Kier alpha value is -0.140. The number of halogens is 2. The van der Waals surface area contributed by atoms with Crippen LogP contribution in [0, 0.1) is 0 Å². The van der Waals surface area contributed by atoms with Crippen molar-refractivity contribution in [3.8, 4) is 0 Å². The van der Waals surface area contributed by atoms with Crippen LogP contribution in [0.2, 0.25) is 5.02 Å². The average Bonchev–Trinajstić information content (AvgIpc) is 3.23. The van der Waals surface area contributed by atoms with E-state index in [2.05, 4.69) is 25.6 Å². The molecule has 1 N–H and O–H groups in total. The van der Waals surface area contributed by atoms with E-state index >= 15 is 0 Å². The third kappa shape index (κ3) is 3.79. The van der Waals surface area contributed by atoms with E-state index in [1.807, 2.05) is 0 Å². The van der Waals surface area contributed by atoms with Crippen LogP contribution in [-0.2, 0) is 10.0 Å². The minimum absolute atomic E-state index is 0.00436. The zero-order chi connectivity index (χ0) is 15.0. The molecule has 2 aliphatic rings. The van der Waals surface area contributed by atoms with Gasteiger partial charge in [-0.2, -0.15) is 0 Å². The standard InChI is InChI=1S/C14H18BrClN2O2S/c15-10-1-4-14(13(16)9-10)21(19,20)17-11-5-7-18(8-6-11)12-2-3-12/h1,4,9,11-12,17H,2-3,5-8H2. The number of likely N-dealkylation sites (tertiary alicyclic amines) is 1. The van der Waals surface area contributed by atoms with E-state index in [-0.39, 0.29) is 16.0 Å². The minimum Gasteiger partial charge on any atom is -0.300 e. The van der Waals surface area contributed by atoms with Gasteiger partial charge in [-0.05, 0) is 57.0 Å². The Kier molecular flexibility index (Phi) is 4.62. The van der Waals surface area contributed by atoms with Crippen LogP contribution in [0.3, 0.4) is 0 Å². The fourth-order valence-corrected chi connectivity index (χ4v) is 5.14. The van der Waals surface area contributed by atoms with Crippen LogP contribution in [0.15, 0.2) is 27.6 Å². The molecule has 1 aromatic carbocycles. The van der Waals surface area contributed by atoms with Crippen LogP contribution in [0.25, 0.3) is 0 Å². The van der Waals surface area contributed by atoms with E-state index in [1.165, 1.54) is 18.9 Å². The van der Waals surface area contributed by atoms with Crippen molar-refractivity contribution in [3.05, 3.63) is 27.7 Å². The second-order valence-corrected chi connectivity index (χ2v) is 8.74. The Bertz CT molecular complexity index is 626. The number of rotatable bonds is 4. The van der Waals surface area contributed by atoms with Crippen LogP contribution < -0.4 is 4.72 Å². The molecule has 7 heteroatoms. The summed E-state index contributed by atoms with van der Waals surface area (Å²) < 4.78 is 28.4. The molecular weight excluding hydrogens is 376 g/mol. The molecule has 0 spiro atoms. The lowest BCUT2D eigenvalue weighted by atomic mass is 10.1. The van der Waals surface area contributed by atoms with Gasteiger partial charge in [0.2, 0.25) is 10.0 Å². The SMILES string of the molecule is O=S(=O)(NC1CCN(C2CC2)CC1)c1ccc(Br)cc1Cl. The first kappa shape index (κ1) is 15.7. The third-order valence-corrected chi connectivity index (χ3v) is 6.59. The highest BCUT2D eigenvalue weighted by molar-refractivity contribution is 9.10. The number of nitrogens with one attached hydrogen (secondary N) is 1. The molecule has 1 saturated carbocycles. The van der Waals surface area contributed by atoms with Crippen molar-refractivity contribution in [1.82, 2.24) is 9.62 Å². The van der Waals surface area contributed by atoms with Gasteiger partial charge in [-0.3, -0.25) is 0 Å². The van der Waals surface area contributed by atoms with Gasteiger partial charge in [0.25, 0.3) is 0 Å². The van der Waals surface area contributed by atoms with Crippen molar-refractivity contribution in [2.24, 2.45) is 0 Å². The van der Waals surface area contributed by atoms with E-state index in [0.29, 0.717) is 0 Å². The van der Waals surface area contributed by atoms with Crippen molar-refractivity contribution >= 4 is 37.6 Å². The van der Waals surface area contributed by atoms with Crippen molar-refractivity contribution < 1.29 is 8.42 Å². The van der Waals surface area contributed by atoms with Gasteiger partial charge in [0, 0.05) is 16.6 Å². The Morgan fingerprint density at radius 2 is 1.86 bits per heavy atom. The number of nitrogens with zero attached hydrogens (tertiary/aromatic N) is 1. The maximum atomic E-state index is 12.4. The summed E-state index contributed by atoms with van der Waals surface area (Å²) in [7, 11) is -3.55. The summed E-state index contributed by atoms with van der Waals surface area (Å²) in [4.78, 5) is 2.62. The lowest BCUT2D eigenvalue weighted by Crippen LogP contribution is -2.45. The number of sulfonamides is 1. The number of benzene rings is 1. The van der Waals surface area contributed by atoms with Crippen molar-refractivity contribution in [3.63, 3.8) is 0 Å². The molecule has 1 heterocycles. The normalized spacial score (nSPS) is 21.6. The zero-order valence-corrected chi connectivity index (χ0v) is 14.7. The first-order valence-electron chi connectivity index (χ1n) is 7.17. The van der Waals surface area contributed by atoms with Gasteiger partial charge < -0.3 is 4.90 Å². The number of piperidine rings is 1.